The van der Waals surface area contributed by atoms with Crippen LogP contribution < -0.4 is 0 Å². The van der Waals surface area contributed by atoms with Gasteiger partial charge in [0.25, 0.3) is 0 Å². The number of ether oxygens (including phenoxy) is 1. The highest BCUT2D eigenvalue weighted by Crippen LogP contribution is 2.22. The molecule has 0 atom stereocenters. The minimum absolute atomic E-state index is 0.153. The van der Waals surface area contributed by atoms with Crippen molar-refractivity contribution in [3.63, 3.8) is 0 Å². The van der Waals surface area contributed by atoms with Crippen LogP contribution in [-0.4, -0.2) is 13.1 Å². The highest BCUT2D eigenvalue weighted by atomic mass is 79.9. The Morgan fingerprint density at radius 3 is 2.81 bits per heavy atom. The van der Waals surface area contributed by atoms with E-state index in [1.165, 1.54) is 7.11 Å². The molecular formula is C11H10BrNO2S. The number of nitrogens with zero attached hydrogens (tertiary/aromatic N) is 1. The Morgan fingerprint density at radius 2 is 2.31 bits per heavy atom. The fourth-order valence-electron chi connectivity index (χ4n) is 1.36. The molecule has 0 spiro atoms. The van der Waals surface area contributed by atoms with E-state index in [4.69, 9.17) is 5.26 Å². The first kappa shape index (κ1) is 13.1. The monoisotopic (exact) mass is 299 g/mol. The number of carbonyl (C=O) groups is 1. The summed E-state index contributed by atoms with van der Waals surface area (Å²) >= 11 is 7.51. The van der Waals surface area contributed by atoms with E-state index >= 15 is 0 Å². The molecule has 3 nitrogen and oxygen atoms in total. The summed E-state index contributed by atoms with van der Waals surface area (Å²) < 4.78 is 4.60. The third-order valence-corrected chi connectivity index (χ3v) is 2.96. The van der Waals surface area contributed by atoms with E-state index in [0.717, 1.165) is 11.1 Å². The van der Waals surface area contributed by atoms with E-state index in [1.54, 1.807) is 12.1 Å². The summed E-state index contributed by atoms with van der Waals surface area (Å²) in [5.41, 5.74) is 2.11. The molecule has 5 heteroatoms. The van der Waals surface area contributed by atoms with Gasteiger partial charge >= 0.3 is 5.97 Å². The lowest BCUT2D eigenvalue weighted by molar-refractivity contribution is -0.139. The van der Waals surface area contributed by atoms with Crippen LogP contribution in [0.15, 0.2) is 17.0 Å². The predicted molar refractivity (Wildman–Crippen MR) is 66.8 cm³/mol. The minimum Gasteiger partial charge on any atom is -0.469 e. The first-order valence-electron chi connectivity index (χ1n) is 4.50. The maximum atomic E-state index is 11.2. The van der Waals surface area contributed by atoms with Crippen molar-refractivity contribution in [2.24, 2.45) is 0 Å². The molecule has 1 rings (SSSR count). The van der Waals surface area contributed by atoms with Gasteiger partial charge in [-0.3, -0.25) is 4.79 Å². The second-order valence-corrected chi connectivity index (χ2v) is 4.21. The number of carbonyl (C=O) groups excluding carboxylic acids is 1. The Bertz CT molecular complexity index is 454. The fraction of sp³-hybridized carbons (Fsp3) is 0.273. The van der Waals surface area contributed by atoms with Gasteiger partial charge in [-0.25, -0.2) is 0 Å². The van der Waals surface area contributed by atoms with Crippen LogP contribution in [0, 0.1) is 11.3 Å². The molecule has 0 heterocycles. The van der Waals surface area contributed by atoms with Crippen LogP contribution >= 0.6 is 28.6 Å². The van der Waals surface area contributed by atoms with Crippen molar-refractivity contribution in [1.29, 1.82) is 5.26 Å². The van der Waals surface area contributed by atoms with E-state index in [9.17, 15) is 4.79 Å². The molecule has 0 aromatic heterocycles. The number of alkyl halides is 1. The van der Waals surface area contributed by atoms with Crippen LogP contribution in [0.5, 0.6) is 0 Å². The van der Waals surface area contributed by atoms with Crippen LogP contribution in [0.25, 0.3) is 0 Å². The van der Waals surface area contributed by atoms with Gasteiger partial charge in [-0.15, -0.1) is 12.6 Å². The number of nitriles is 1. The van der Waals surface area contributed by atoms with Gasteiger partial charge in [0.05, 0.1) is 25.2 Å². The molecule has 0 saturated carbocycles. The number of rotatable bonds is 3. The van der Waals surface area contributed by atoms with Crippen molar-refractivity contribution in [3.8, 4) is 6.07 Å². The topological polar surface area (TPSA) is 50.1 Å². The van der Waals surface area contributed by atoms with Crippen molar-refractivity contribution < 1.29 is 9.53 Å². The zero-order valence-corrected chi connectivity index (χ0v) is 11.1. The molecule has 0 bridgehead atoms. The average Bonchev–Trinajstić information content (AvgIpc) is 2.28. The number of benzene rings is 1. The summed E-state index contributed by atoms with van der Waals surface area (Å²) in [4.78, 5) is 11.9. The van der Waals surface area contributed by atoms with Crippen LogP contribution in [0.2, 0.25) is 0 Å². The van der Waals surface area contributed by atoms with Crippen LogP contribution in [0.4, 0.5) is 0 Å². The lowest BCUT2D eigenvalue weighted by atomic mass is 10.0. The number of hydrogen-bond donors (Lipinski definition) is 1. The van der Waals surface area contributed by atoms with Gasteiger partial charge in [-0.05, 0) is 23.3 Å². The van der Waals surface area contributed by atoms with E-state index in [0.29, 0.717) is 15.8 Å². The smallest absolute Gasteiger partial charge is 0.309 e. The minimum atomic E-state index is -0.329. The summed E-state index contributed by atoms with van der Waals surface area (Å²) in [6.45, 7) is 0. The lowest BCUT2D eigenvalue weighted by Crippen LogP contribution is -2.07. The molecular weight excluding hydrogens is 290 g/mol. The van der Waals surface area contributed by atoms with Crippen molar-refractivity contribution in [3.05, 3.63) is 28.8 Å². The van der Waals surface area contributed by atoms with Crippen molar-refractivity contribution in [2.75, 3.05) is 7.11 Å². The highest BCUT2D eigenvalue weighted by Gasteiger charge is 2.12. The van der Waals surface area contributed by atoms with Gasteiger partial charge in [0, 0.05) is 10.2 Å². The molecule has 0 saturated heterocycles. The SMILES string of the molecule is COC(=O)Cc1cc(S)cc(C#N)c1CBr. The first-order valence-corrected chi connectivity index (χ1v) is 6.07. The van der Waals surface area contributed by atoms with E-state index < -0.39 is 0 Å². The second kappa shape index (κ2) is 5.92. The number of esters is 1. The Kier molecular flexibility index (Phi) is 4.84. The predicted octanol–water partition coefficient (Wildman–Crippen LogP) is 2.46. The van der Waals surface area contributed by atoms with E-state index in [2.05, 4.69) is 39.4 Å². The highest BCUT2D eigenvalue weighted by molar-refractivity contribution is 9.08. The van der Waals surface area contributed by atoms with Crippen LogP contribution in [0.1, 0.15) is 16.7 Å². The molecule has 1 aromatic rings. The van der Waals surface area contributed by atoms with Gasteiger partial charge in [0.1, 0.15) is 0 Å². The summed E-state index contributed by atoms with van der Waals surface area (Å²) in [7, 11) is 1.34. The van der Waals surface area contributed by atoms with Crippen molar-refractivity contribution in [2.45, 2.75) is 16.6 Å². The van der Waals surface area contributed by atoms with Gasteiger partial charge in [-0.1, -0.05) is 15.9 Å². The van der Waals surface area contributed by atoms with Gasteiger partial charge in [-0.2, -0.15) is 5.26 Å². The molecule has 0 fully saturated rings. The molecule has 0 aliphatic rings. The first-order chi connectivity index (χ1) is 7.62. The fourth-order valence-corrected chi connectivity index (χ4v) is 2.31. The number of methoxy groups -OCH3 is 1. The second-order valence-electron chi connectivity index (χ2n) is 3.13. The van der Waals surface area contributed by atoms with E-state index in [1.807, 2.05) is 0 Å². The molecule has 0 N–H and O–H groups in total. The van der Waals surface area contributed by atoms with E-state index in [-0.39, 0.29) is 12.4 Å². The van der Waals surface area contributed by atoms with Crippen molar-refractivity contribution in [1.82, 2.24) is 0 Å². The third-order valence-electron chi connectivity index (χ3n) is 2.14. The van der Waals surface area contributed by atoms with Crippen molar-refractivity contribution >= 4 is 34.5 Å². The van der Waals surface area contributed by atoms with Gasteiger partial charge < -0.3 is 4.74 Å². The zero-order chi connectivity index (χ0) is 12.1. The summed E-state index contributed by atoms with van der Waals surface area (Å²) in [5.74, 6) is -0.329. The molecule has 0 aliphatic heterocycles. The standard InChI is InChI=1S/C11H10BrNO2S/c1-15-11(14)4-7-2-9(16)3-8(6-13)10(7)5-12/h2-3,16H,4-5H2,1H3. The summed E-state index contributed by atoms with van der Waals surface area (Å²) in [6.07, 6.45) is 0.153. The van der Waals surface area contributed by atoms with Gasteiger partial charge in [0.15, 0.2) is 0 Å². The lowest BCUT2D eigenvalue weighted by Gasteiger charge is -2.09. The summed E-state index contributed by atoms with van der Waals surface area (Å²) in [5, 5.41) is 9.49. The molecule has 0 unspecified atom stereocenters. The molecule has 0 aliphatic carbocycles. The summed E-state index contributed by atoms with van der Waals surface area (Å²) in [6, 6.07) is 5.54. The average molecular weight is 300 g/mol. The Balaban J connectivity index is 3.21. The van der Waals surface area contributed by atoms with Crippen LogP contribution in [-0.2, 0) is 21.3 Å². The normalized spacial score (nSPS) is 9.62. The third kappa shape index (κ3) is 3.00. The molecule has 0 radical (unpaired) electrons. The van der Waals surface area contributed by atoms with Gasteiger partial charge in [0.2, 0.25) is 0 Å². The maximum absolute atomic E-state index is 11.2. The molecule has 1 aromatic carbocycles. The largest absolute Gasteiger partial charge is 0.469 e. The Morgan fingerprint density at radius 1 is 1.62 bits per heavy atom. The quantitative estimate of drug-likeness (QED) is 0.530. The molecule has 84 valence electrons. The van der Waals surface area contributed by atoms with Crippen LogP contribution in [0.3, 0.4) is 0 Å². The Labute approximate surface area is 108 Å². The number of thiol groups is 1. The maximum Gasteiger partial charge on any atom is 0.309 e. The molecule has 16 heavy (non-hydrogen) atoms. The Hall–Kier alpha value is -0.990. The number of hydrogen-bond acceptors (Lipinski definition) is 4. The zero-order valence-electron chi connectivity index (χ0n) is 8.66. The molecule has 0 amide bonds. The number of halogens is 1.